The number of nitrogens with zero attached hydrogens (tertiary/aromatic N) is 3. The molecule has 0 aromatic carbocycles. The average Bonchev–Trinajstić information content (AvgIpc) is 2.95. The van der Waals surface area contributed by atoms with E-state index in [-0.39, 0.29) is 18.0 Å². The monoisotopic (exact) mass is 308 g/mol. The Morgan fingerprint density at radius 2 is 2.14 bits per heavy atom. The molecule has 0 spiro atoms. The first-order valence-electron chi connectivity index (χ1n) is 8.05. The van der Waals surface area contributed by atoms with Crippen molar-refractivity contribution in [1.29, 1.82) is 0 Å². The van der Waals surface area contributed by atoms with Crippen molar-refractivity contribution in [1.82, 2.24) is 14.8 Å². The van der Waals surface area contributed by atoms with Crippen LogP contribution in [0.2, 0.25) is 0 Å². The van der Waals surface area contributed by atoms with Gasteiger partial charge in [0.15, 0.2) is 5.69 Å². The lowest BCUT2D eigenvalue weighted by molar-refractivity contribution is 0.0653. The van der Waals surface area contributed by atoms with Crippen molar-refractivity contribution in [3.05, 3.63) is 17.8 Å². The molecular formula is C16H28N4O2. The number of amides is 1. The second-order valence-electron chi connectivity index (χ2n) is 6.76. The van der Waals surface area contributed by atoms with Crippen LogP contribution in [0.15, 0.2) is 10.7 Å². The minimum absolute atomic E-state index is 0.0821. The number of carbonyl (C=O) groups excluding carboxylic acids is 1. The lowest BCUT2D eigenvalue weighted by Gasteiger charge is -2.34. The van der Waals surface area contributed by atoms with E-state index >= 15 is 0 Å². The van der Waals surface area contributed by atoms with Gasteiger partial charge < -0.3 is 20.0 Å². The Labute approximate surface area is 132 Å². The van der Waals surface area contributed by atoms with Crippen LogP contribution in [-0.4, -0.2) is 53.9 Å². The summed E-state index contributed by atoms with van der Waals surface area (Å²) in [6.07, 6.45) is 4.22. The molecule has 2 rings (SSSR count). The van der Waals surface area contributed by atoms with Crippen LogP contribution >= 0.6 is 0 Å². The molecular weight excluding hydrogens is 280 g/mol. The Hall–Kier alpha value is -1.40. The third kappa shape index (κ3) is 4.08. The van der Waals surface area contributed by atoms with Crippen molar-refractivity contribution in [2.45, 2.75) is 45.2 Å². The second kappa shape index (κ2) is 7.24. The highest BCUT2D eigenvalue weighted by molar-refractivity contribution is 5.92. The summed E-state index contributed by atoms with van der Waals surface area (Å²) in [5.74, 6) is 0.832. The molecule has 1 amide bonds. The molecule has 2 N–H and O–H groups in total. The van der Waals surface area contributed by atoms with E-state index in [0.29, 0.717) is 17.5 Å². The molecule has 0 saturated carbocycles. The maximum Gasteiger partial charge on any atom is 0.275 e. The number of aromatic nitrogens is 1. The third-order valence-electron chi connectivity index (χ3n) is 4.34. The van der Waals surface area contributed by atoms with E-state index in [2.05, 4.69) is 30.8 Å². The van der Waals surface area contributed by atoms with Crippen LogP contribution in [0.4, 0.5) is 0 Å². The van der Waals surface area contributed by atoms with Gasteiger partial charge in [-0.1, -0.05) is 13.8 Å². The molecule has 0 bridgehead atoms. The normalized spacial score (nSPS) is 18.6. The van der Waals surface area contributed by atoms with Crippen molar-refractivity contribution >= 4 is 5.91 Å². The van der Waals surface area contributed by atoms with Crippen LogP contribution in [0, 0.1) is 5.92 Å². The van der Waals surface area contributed by atoms with Crippen molar-refractivity contribution in [2.24, 2.45) is 11.7 Å². The zero-order valence-electron chi connectivity index (χ0n) is 14.1. The van der Waals surface area contributed by atoms with Gasteiger partial charge in [-0.3, -0.25) is 4.79 Å². The van der Waals surface area contributed by atoms with Crippen LogP contribution in [0.3, 0.4) is 0 Å². The maximum absolute atomic E-state index is 12.5. The highest BCUT2D eigenvalue weighted by atomic mass is 16.3. The van der Waals surface area contributed by atoms with E-state index in [9.17, 15) is 4.79 Å². The van der Waals surface area contributed by atoms with Gasteiger partial charge in [-0.15, -0.1) is 0 Å². The molecule has 22 heavy (non-hydrogen) atoms. The number of oxazole rings is 1. The lowest BCUT2D eigenvalue weighted by Crippen LogP contribution is -2.44. The molecule has 0 aliphatic carbocycles. The highest BCUT2D eigenvalue weighted by Gasteiger charge is 2.27. The molecule has 1 aliphatic rings. The summed E-state index contributed by atoms with van der Waals surface area (Å²) in [5.41, 5.74) is 6.41. The fraction of sp³-hybridized carbons (Fsp3) is 0.750. The third-order valence-corrected chi connectivity index (χ3v) is 4.34. The first-order chi connectivity index (χ1) is 10.4. The van der Waals surface area contributed by atoms with Gasteiger partial charge in [0.05, 0.1) is 6.04 Å². The van der Waals surface area contributed by atoms with E-state index in [4.69, 9.17) is 10.2 Å². The fourth-order valence-corrected chi connectivity index (χ4v) is 2.89. The summed E-state index contributed by atoms with van der Waals surface area (Å²) in [4.78, 5) is 20.9. The van der Waals surface area contributed by atoms with Crippen molar-refractivity contribution in [3.8, 4) is 0 Å². The molecule has 1 aromatic heterocycles. The largest absolute Gasteiger partial charge is 0.446 e. The Balaban J connectivity index is 1.99. The van der Waals surface area contributed by atoms with E-state index < -0.39 is 0 Å². The Bertz CT molecular complexity index is 492. The topological polar surface area (TPSA) is 75.6 Å². The van der Waals surface area contributed by atoms with Gasteiger partial charge in [0.1, 0.15) is 6.26 Å². The van der Waals surface area contributed by atoms with Crippen LogP contribution in [0.1, 0.15) is 55.5 Å². The zero-order chi connectivity index (χ0) is 16.3. The Morgan fingerprint density at radius 1 is 1.50 bits per heavy atom. The van der Waals surface area contributed by atoms with Crippen molar-refractivity contribution in [2.75, 3.05) is 27.2 Å². The van der Waals surface area contributed by atoms with Gasteiger partial charge in [0.25, 0.3) is 5.91 Å². The van der Waals surface area contributed by atoms with E-state index in [1.165, 1.54) is 6.26 Å². The van der Waals surface area contributed by atoms with Crippen LogP contribution in [0.25, 0.3) is 0 Å². The minimum Gasteiger partial charge on any atom is -0.446 e. The molecule has 124 valence electrons. The quantitative estimate of drug-likeness (QED) is 0.899. The summed E-state index contributed by atoms with van der Waals surface area (Å²) >= 11 is 0. The van der Waals surface area contributed by atoms with Crippen LogP contribution < -0.4 is 5.73 Å². The second-order valence-corrected chi connectivity index (χ2v) is 6.76. The molecule has 2 heterocycles. The number of nitrogens with two attached hydrogens (primary N) is 1. The lowest BCUT2D eigenvalue weighted by atomic mass is 10.0. The number of hydrogen-bond donors (Lipinski definition) is 1. The molecule has 1 aliphatic heterocycles. The number of hydrogen-bond acceptors (Lipinski definition) is 5. The summed E-state index contributed by atoms with van der Waals surface area (Å²) in [6, 6.07) is 0.0170. The number of likely N-dealkylation sites (tertiary alicyclic amines) is 1. The minimum atomic E-state index is -0.254. The van der Waals surface area contributed by atoms with E-state index in [1.807, 2.05) is 7.05 Å². The smallest absolute Gasteiger partial charge is 0.275 e. The molecule has 1 saturated heterocycles. The van der Waals surface area contributed by atoms with Gasteiger partial charge in [0, 0.05) is 13.1 Å². The van der Waals surface area contributed by atoms with Crippen molar-refractivity contribution in [3.63, 3.8) is 0 Å². The summed E-state index contributed by atoms with van der Waals surface area (Å²) in [6.45, 7) is 6.24. The predicted octanol–water partition coefficient (Wildman–Crippen LogP) is 1.89. The molecule has 1 atom stereocenters. The molecule has 6 heteroatoms. The molecule has 1 unspecified atom stereocenters. The van der Waals surface area contributed by atoms with E-state index in [1.54, 1.807) is 4.90 Å². The standard InChI is InChI=1S/C16H28N4O2/c1-11(2)9-13(17)15-18-14(10-22-15)16(21)20(4)12-5-7-19(3)8-6-12/h10-13H,5-9,17H2,1-4H3. The Kier molecular flexibility index (Phi) is 5.58. The predicted molar refractivity (Wildman–Crippen MR) is 85.5 cm³/mol. The fourth-order valence-electron chi connectivity index (χ4n) is 2.89. The molecule has 1 aromatic rings. The van der Waals surface area contributed by atoms with Gasteiger partial charge in [-0.2, -0.15) is 0 Å². The molecule has 1 fully saturated rings. The SMILES string of the molecule is CC(C)CC(N)c1nc(C(=O)N(C)C2CCN(C)CC2)co1. The summed E-state index contributed by atoms with van der Waals surface area (Å²) in [5, 5.41) is 0. The number of carbonyl (C=O) groups is 1. The van der Waals surface area contributed by atoms with Crippen molar-refractivity contribution < 1.29 is 9.21 Å². The number of piperidine rings is 1. The van der Waals surface area contributed by atoms with Crippen LogP contribution in [-0.2, 0) is 0 Å². The summed E-state index contributed by atoms with van der Waals surface area (Å²) in [7, 11) is 3.96. The highest BCUT2D eigenvalue weighted by Crippen LogP contribution is 2.20. The first-order valence-corrected chi connectivity index (χ1v) is 8.05. The molecule has 6 nitrogen and oxygen atoms in total. The van der Waals surface area contributed by atoms with E-state index in [0.717, 1.165) is 32.4 Å². The maximum atomic E-state index is 12.5. The van der Waals surface area contributed by atoms with Gasteiger partial charge >= 0.3 is 0 Å². The average molecular weight is 308 g/mol. The van der Waals surface area contributed by atoms with Gasteiger partial charge in [0.2, 0.25) is 5.89 Å². The molecule has 0 radical (unpaired) electrons. The first kappa shape index (κ1) is 17.0. The summed E-state index contributed by atoms with van der Waals surface area (Å²) < 4.78 is 5.41. The Morgan fingerprint density at radius 3 is 2.73 bits per heavy atom. The zero-order valence-corrected chi connectivity index (χ0v) is 14.1. The van der Waals surface area contributed by atoms with Gasteiger partial charge in [-0.05, 0) is 45.3 Å². The van der Waals surface area contributed by atoms with Gasteiger partial charge in [-0.25, -0.2) is 4.98 Å². The number of rotatable bonds is 5. The van der Waals surface area contributed by atoms with Crippen LogP contribution in [0.5, 0.6) is 0 Å².